The Morgan fingerprint density at radius 2 is 2.11 bits per heavy atom. The number of hydrogen-bond acceptors (Lipinski definition) is 4. The second-order valence-electron chi connectivity index (χ2n) is 4.61. The van der Waals surface area contributed by atoms with E-state index in [0.717, 1.165) is 25.9 Å². The van der Waals surface area contributed by atoms with E-state index >= 15 is 0 Å². The lowest BCUT2D eigenvalue weighted by atomic mass is 9.98. The Bertz CT molecular complexity index is 581. The van der Waals surface area contributed by atoms with Crippen LogP contribution >= 0.6 is 11.6 Å². The van der Waals surface area contributed by atoms with E-state index in [0.29, 0.717) is 10.8 Å². The summed E-state index contributed by atoms with van der Waals surface area (Å²) < 4.78 is 18.9. The molecule has 4 nitrogen and oxygen atoms in total. The first-order valence-corrected chi connectivity index (χ1v) is 6.61. The summed E-state index contributed by atoms with van der Waals surface area (Å²) in [6.07, 6.45) is 1.95. The summed E-state index contributed by atoms with van der Waals surface area (Å²) in [6, 6.07) is 4.40. The predicted octanol–water partition coefficient (Wildman–Crippen LogP) is 3.00. The zero-order valence-electron chi connectivity index (χ0n) is 10.2. The molecular weight excluding hydrogens is 269 g/mol. The van der Waals surface area contributed by atoms with Crippen molar-refractivity contribution in [2.24, 2.45) is 0 Å². The van der Waals surface area contributed by atoms with Gasteiger partial charge in [-0.25, -0.2) is 4.39 Å². The molecule has 1 aromatic heterocycles. The van der Waals surface area contributed by atoms with Gasteiger partial charge in [-0.2, -0.15) is 4.98 Å². The van der Waals surface area contributed by atoms with Crippen LogP contribution < -0.4 is 5.32 Å². The molecule has 0 bridgehead atoms. The summed E-state index contributed by atoms with van der Waals surface area (Å²) in [7, 11) is 0. The monoisotopic (exact) mass is 281 g/mol. The van der Waals surface area contributed by atoms with Gasteiger partial charge in [0.1, 0.15) is 5.82 Å². The number of rotatable bonds is 2. The van der Waals surface area contributed by atoms with E-state index in [1.807, 2.05) is 0 Å². The minimum atomic E-state index is -0.451. The number of halogens is 2. The first-order valence-electron chi connectivity index (χ1n) is 6.24. The van der Waals surface area contributed by atoms with Crippen LogP contribution in [0.3, 0.4) is 0 Å². The highest BCUT2D eigenvalue weighted by Gasteiger charge is 2.22. The molecule has 1 aromatic carbocycles. The van der Waals surface area contributed by atoms with Crippen LogP contribution in [0.4, 0.5) is 4.39 Å². The van der Waals surface area contributed by atoms with Crippen LogP contribution in [0.15, 0.2) is 22.7 Å². The van der Waals surface area contributed by atoms with E-state index in [4.69, 9.17) is 16.1 Å². The van der Waals surface area contributed by atoms with Gasteiger partial charge in [-0.15, -0.1) is 0 Å². The normalized spacial score (nSPS) is 16.7. The summed E-state index contributed by atoms with van der Waals surface area (Å²) in [5.41, 5.74) is 0.289. The maximum atomic E-state index is 13.8. The second kappa shape index (κ2) is 5.27. The molecule has 0 unspecified atom stereocenters. The molecule has 1 N–H and O–H groups in total. The predicted molar refractivity (Wildman–Crippen MR) is 69.5 cm³/mol. The van der Waals surface area contributed by atoms with E-state index < -0.39 is 5.82 Å². The van der Waals surface area contributed by atoms with E-state index in [-0.39, 0.29) is 17.4 Å². The molecule has 1 aliphatic rings. The molecule has 3 rings (SSSR count). The highest BCUT2D eigenvalue weighted by molar-refractivity contribution is 6.30. The van der Waals surface area contributed by atoms with Gasteiger partial charge in [-0.05, 0) is 44.1 Å². The third-order valence-electron chi connectivity index (χ3n) is 3.31. The van der Waals surface area contributed by atoms with E-state index in [9.17, 15) is 4.39 Å². The number of nitrogens with zero attached hydrogens (tertiary/aromatic N) is 2. The van der Waals surface area contributed by atoms with Crippen molar-refractivity contribution in [1.29, 1.82) is 0 Å². The Hall–Kier alpha value is -1.46. The van der Waals surface area contributed by atoms with Crippen LogP contribution in [0.5, 0.6) is 0 Å². The average Bonchev–Trinajstić information content (AvgIpc) is 2.89. The van der Waals surface area contributed by atoms with Gasteiger partial charge in [0.2, 0.25) is 0 Å². The Morgan fingerprint density at radius 3 is 2.84 bits per heavy atom. The van der Waals surface area contributed by atoms with E-state index in [2.05, 4.69) is 15.5 Å². The molecule has 100 valence electrons. The number of piperidine rings is 1. The van der Waals surface area contributed by atoms with Gasteiger partial charge in [0.25, 0.3) is 5.89 Å². The lowest BCUT2D eigenvalue weighted by molar-refractivity contribution is 0.391. The highest BCUT2D eigenvalue weighted by Crippen LogP contribution is 2.27. The van der Waals surface area contributed by atoms with Gasteiger partial charge in [0.05, 0.1) is 5.56 Å². The molecule has 0 amide bonds. The number of nitrogens with one attached hydrogen (secondary N) is 1. The molecule has 0 saturated carbocycles. The number of benzene rings is 1. The Kier molecular flexibility index (Phi) is 3.48. The summed E-state index contributed by atoms with van der Waals surface area (Å²) in [4.78, 5) is 4.31. The smallest absolute Gasteiger partial charge is 0.260 e. The third kappa shape index (κ3) is 2.62. The number of aromatic nitrogens is 2. The van der Waals surface area contributed by atoms with Crippen molar-refractivity contribution in [3.63, 3.8) is 0 Å². The zero-order valence-corrected chi connectivity index (χ0v) is 11.0. The summed E-state index contributed by atoms with van der Waals surface area (Å²) >= 11 is 5.72. The third-order valence-corrected chi connectivity index (χ3v) is 3.54. The largest absolute Gasteiger partial charge is 0.334 e. The molecule has 1 fully saturated rings. The fraction of sp³-hybridized carbons (Fsp3) is 0.385. The first-order chi connectivity index (χ1) is 9.24. The van der Waals surface area contributed by atoms with Crippen molar-refractivity contribution >= 4 is 11.6 Å². The summed E-state index contributed by atoms with van der Waals surface area (Å²) in [5, 5.41) is 7.59. The maximum Gasteiger partial charge on any atom is 0.260 e. The molecular formula is C13H13ClFN3O. The minimum absolute atomic E-state index is 0.211. The molecule has 0 aliphatic carbocycles. The van der Waals surface area contributed by atoms with Crippen LogP contribution in [-0.4, -0.2) is 23.2 Å². The summed E-state index contributed by atoms with van der Waals surface area (Å²) in [6.45, 7) is 1.90. The maximum absolute atomic E-state index is 13.8. The van der Waals surface area contributed by atoms with E-state index in [1.54, 1.807) is 12.1 Å². The molecule has 2 aromatic rings. The van der Waals surface area contributed by atoms with Gasteiger partial charge in [-0.1, -0.05) is 16.8 Å². The molecule has 19 heavy (non-hydrogen) atoms. The molecule has 0 spiro atoms. The quantitative estimate of drug-likeness (QED) is 0.919. The topological polar surface area (TPSA) is 51.0 Å². The van der Waals surface area contributed by atoms with Gasteiger partial charge in [0, 0.05) is 10.9 Å². The van der Waals surface area contributed by atoms with Crippen LogP contribution in [-0.2, 0) is 0 Å². The highest BCUT2D eigenvalue weighted by atomic mass is 35.5. The fourth-order valence-corrected chi connectivity index (χ4v) is 2.41. The average molecular weight is 282 g/mol. The van der Waals surface area contributed by atoms with Gasteiger partial charge in [0.15, 0.2) is 5.82 Å². The SMILES string of the molecule is Fc1cc(Cl)ccc1-c1nc(C2CCNCC2)no1. The van der Waals surface area contributed by atoms with Crippen LogP contribution in [0.25, 0.3) is 11.5 Å². The van der Waals surface area contributed by atoms with Crippen molar-refractivity contribution in [2.45, 2.75) is 18.8 Å². The van der Waals surface area contributed by atoms with Crippen molar-refractivity contribution in [1.82, 2.24) is 15.5 Å². The van der Waals surface area contributed by atoms with Crippen molar-refractivity contribution < 1.29 is 8.91 Å². The van der Waals surface area contributed by atoms with Crippen LogP contribution in [0, 0.1) is 5.82 Å². The Morgan fingerprint density at radius 1 is 1.32 bits per heavy atom. The van der Waals surface area contributed by atoms with Gasteiger partial charge >= 0.3 is 0 Å². The fourth-order valence-electron chi connectivity index (χ4n) is 2.25. The lowest BCUT2D eigenvalue weighted by Gasteiger charge is -2.18. The van der Waals surface area contributed by atoms with Crippen molar-refractivity contribution in [3.05, 3.63) is 34.9 Å². The second-order valence-corrected chi connectivity index (χ2v) is 5.04. The molecule has 2 heterocycles. The van der Waals surface area contributed by atoms with E-state index in [1.165, 1.54) is 6.07 Å². The molecule has 0 radical (unpaired) electrons. The first kappa shape index (κ1) is 12.6. The molecule has 1 saturated heterocycles. The lowest BCUT2D eigenvalue weighted by Crippen LogP contribution is -2.27. The number of hydrogen-bond donors (Lipinski definition) is 1. The summed E-state index contributed by atoms with van der Waals surface area (Å²) in [5.74, 6) is 0.704. The standard InChI is InChI=1S/C13H13ClFN3O/c14-9-1-2-10(11(15)7-9)13-17-12(18-19-13)8-3-5-16-6-4-8/h1-2,7-8,16H,3-6H2. The van der Waals surface area contributed by atoms with Crippen molar-refractivity contribution in [2.75, 3.05) is 13.1 Å². The van der Waals surface area contributed by atoms with Gasteiger partial charge < -0.3 is 9.84 Å². The van der Waals surface area contributed by atoms with Crippen molar-refractivity contribution in [3.8, 4) is 11.5 Å². The Labute approximate surface area is 115 Å². The molecule has 0 atom stereocenters. The minimum Gasteiger partial charge on any atom is -0.334 e. The van der Waals surface area contributed by atoms with Crippen LogP contribution in [0.2, 0.25) is 5.02 Å². The molecule has 6 heteroatoms. The van der Waals surface area contributed by atoms with Gasteiger partial charge in [-0.3, -0.25) is 0 Å². The van der Waals surface area contributed by atoms with Crippen LogP contribution in [0.1, 0.15) is 24.6 Å². The molecule has 1 aliphatic heterocycles. The Balaban J connectivity index is 1.87. The zero-order chi connectivity index (χ0) is 13.2.